The number of hydrogen-bond acceptors (Lipinski definition) is 4. The molecule has 98 valence electrons. The largest absolute Gasteiger partial charge is 0.384 e. The van der Waals surface area contributed by atoms with Crippen molar-refractivity contribution in [2.75, 3.05) is 18.8 Å². The Morgan fingerprint density at radius 2 is 2.11 bits per heavy atom. The molecule has 2 atom stereocenters. The second kappa shape index (κ2) is 5.36. The maximum absolute atomic E-state index is 12.4. The van der Waals surface area contributed by atoms with Gasteiger partial charge in [0.1, 0.15) is 5.82 Å². The zero-order valence-corrected chi connectivity index (χ0v) is 12.0. The Bertz CT molecular complexity index is 459. The molecule has 0 radical (unpaired) electrons. The van der Waals surface area contributed by atoms with Gasteiger partial charge in [-0.1, -0.05) is 25.4 Å². The number of carbonyl (C=O) groups excluding carboxylic acids is 1. The Labute approximate surface area is 116 Å². The van der Waals surface area contributed by atoms with Gasteiger partial charge in [-0.25, -0.2) is 4.98 Å². The van der Waals surface area contributed by atoms with Crippen molar-refractivity contribution in [3.8, 4) is 0 Å². The normalized spacial score (nSPS) is 24.1. The summed E-state index contributed by atoms with van der Waals surface area (Å²) in [5.41, 5.74) is 6.05. The molecule has 1 aliphatic rings. The van der Waals surface area contributed by atoms with Crippen LogP contribution in [0.3, 0.4) is 0 Å². The Morgan fingerprint density at radius 3 is 2.72 bits per heavy atom. The van der Waals surface area contributed by atoms with E-state index in [0.29, 0.717) is 26.9 Å². The number of carbonyl (C=O) groups is 1. The van der Waals surface area contributed by atoms with Crippen molar-refractivity contribution in [2.45, 2.75) is 24.3 Å². The van der Waals surface area contributed by atoms with Gasteiger partial charge >= 0.3 is 0 Å². The highest BCUT2D eigenvalue weighted by Crippen LogP contribution is 2.27. The molecule has 4 nitrogen and oxygen atoms in total. The predicted octanol–water partition coefficient (Wildman–Crippen LogP) is 2.28. The van der Waals surface area contributed by atoms with E-state index in [1.165, 1.54) is 6.20 Å². The van der Waals surface area contributed by atoms with Gasteiger partial charge in [0.25, 0.3) is 5.91 Å². The molecule has 0 bridgehead atoms. The number of rotatable bonds is 1. The van der Waals surface area contributed by atoms with Crippen molar-refractivity contribution < 1.29 is 4.79 Å². The fourth-order valence-electron chi connectivity index (χ4n) is 2.13. The van der Waals surface area contributed by atoms with Crippen LogP contribution < -0.4 is 5.73 Å². The van der Waals surface area contributed by atoms with E-state index < -0.39 is 0 Å². The lowest BCUT2D eigenvalue weighted by molar-refractivity contribution is 0.0753. The van der Waals surface area contributed by atoms with Crippen molar-refractivity contribution in [1.29, 1.82) is 0 Å². The maximum atomic E-state index is 12.4. The minimum absolute atomic E-state index is 0.0619. The van der Waals surface area contributed by atoms with E-state index >= 15 is 0 Å². The van der Waals surface area contributed by atoms with Crippen LogP contribution in [0, 0.1) is 0 Å². The summed E-state index contributed by atoms with van der Waals surface area (Å²) in [7, 11) is 0. The fourth-order valence-corrected chi connectivity index (χ4v) is 3.64. The van der Waals surface area contributed by atoms with Crippen LogP contribution in [-0.4, -0.2) is 39.4 Å². The van der Waals surface area contributed by atoms with Gasteiger partial charge in [0.2, 0.25) is 0 Å². The number of nitrogens with zero attached hydrogens (tertiary/aromatic N) is 2. The van der Waals surface area contributed by atoms with Crippen LogP contribution in [0.2, 0.25) is 5.02 Å². The number of nitrogen functional groups attached to an aromatic ring is 1. The summed E-state index contributed by atoms with van der Waals surface area (Å²) in [6.07, 6.45) is 1.43. The van der Waals surface area contributed by atoms with Crippen molar-refractivity contribution in [3.63, 3.8) is 0 Å². The number of amides is 1. The number of pyridine rings is 1. The number of nitrogens with two attached hydrogens (primary N) is 1. The first-order chi connectivity index (χ1) is 8.47. The zero-order chi connectivity index (χ0) is 13.3. The first kappa shape index (κ1) is 13.5. The van der Waals surface area contributed by atoms with E-state index in [-0.39, 0.29) is 5.91 Å². The summed E-state index contributed by atoms with van der Waals surface area (Å²) in [4.78, 5) is 18.1. The molecule has 0 saturated carbocycles. The first-order valence-corrected chi connectivity index (χ1v) is 7.15. The summed E-state index contributed by atoms with van der Waals surface area (Å²) in [5, 5.41) is 1.24. The standard InChI is InChI=1S/C12H16ClN3OS/c1-7-5-16(6-8(2)18-7)12(17)9-3-11(14)15-4-10(9)13/h3-4,7-8H,5-6H2,1-2H3,(H2,14,15). The maximum Gasteiger partial charge on any atom is 0.255 e. The average molecular weight is 286 g/mol. The third-order valence-electron chi connectivity index (χ3n) is 2.81. The van der Waals surface area contributed by atoms with E-state index in [0.717, 1.165) is 13.1 Å². The Hall–Kier alpha value is -0.940. The van der Waals surface area contributed by atoms with Gasteiger partial charge in [0, 0.05) is 29.8 Å². The topological polar surface area (TPSA) is 59.2 Å². The first-order valence-electron chi connectivity index (χ1n) is 5.83. The van der Waals surface area contributed by atoms with Crippen LogP contribution >= 0.6 is 23.4 Å². The molecular weight excluding hydrogens is 270 g/mol. The number of halogens is 1. The quantitative estimate of drug-likeness (QED) is 0.860. The van der Waals surface area contributed by atoms with Gasteiger partial charge in [-0.2, -0.15) is 11.8 Å². The molecule has 0 spiro atoms. The molecule has 2 N–H and O–H groups in total. The Balaban J connectivity index is 2.22. The highest BCUT2D eigenvalue weighted by molar-refractivity contribution is 8.00. The van der Waals surface area contributed by atoms with Crippen LogP contribution in [-0.2, 0) is 0 Å². The third kappa shape index (κ3) is 2.90. The SMILES string of the molecule is CC1CN(C(=O)c2cc(N)ncc2Cl)CC(C)S1. The van der Waals surface area contributed by atoms with Crippen LogP contribution in [0.25, 0.3) is 0 Å². The summed E-state index contributed by atoms with van der Waals surface area (Å²) in [5.74, 6) is 0.253. The number of aromatic nitrogens is 1. The molecule has 6 heteroatoms. The number of anilines is 1. The molecule has 2 rings (SSSR count). The third-order valence-corrected chi connectivity index (χ3v) is 4.34. The van der Waals surface area contributed by atoms with Gasteiger partial charge < -0.3 is 10.6 Å². The van der Waals surface area contributed by atoms with Crippen molar-refractivity contribution in [1.82, 2.24) is 9.88 Å². The van der Waals surface area contributed by atoms with E-state index in [1.54, 1.807) is 6.07 Å². The molecule has 18 heavy (non-hydrogen) atoms. The minimum Gasteiger partial charge on any atom is -0.384 e. The van der Waals surface area contributed by atoms with Gasteiger partial charge in [-0.15, -0.1) is 0 Å². The average Bonchev–Trinajstić information content (AvgIpc) is 2.30. The molecule has 2 unspecified atom stereocenters. The van der Waals surface area contributed by atoms with Gasteiger partial charge in [-0.3, -0.25) is 4.79 Å². The van der Waals surface area contributed by atoms with Gasteiger partial charge in [0.15, 0.2) is 0 Å². The van der Waals surface area contributed by atoms with E-state index in [9.17, 15) is 4.79 Å². The number of thioether (sulfide) groups is 1. The Morgan fingerprint density at radius 1 is 1.50 bits per heavy atom. The van der Waals surface area contributed by atoms with Crippen LogP contribution in [0.15, 0.2) is 12.3 Å². The molecule has 1 fully saturated rings. The molecule has 2 heterocycles. The Kier molecular flexibility index (Phi) is 4.02. The summed E-state index contributed by atoms with van der Waals surface area (Å²) in [6.45, 7) is 5.74. The zero-order valence-electron chi connectivity index (χ0n) is 10.4. The highest BCUT2D eigenvalue weighted by atomic mass is 35.5. The van der Waals surface area contributed by atoms with Crippen LogP contribution in [0.5, 0.6) is 0 Å². The monoisotopic (exact) mass is 285 g/mol. The minimum atomic E-state index is -0.0619. The van der Waals surface area contributed by atoms with Gasteiger partial charge in [0.05, 0.1) is 10.6 Å². The summed E-state index contributed by atoms with van der Waals surface area (Å²) >= 11 is 7.91. The lowest BCUT2D eigenvalue weighted by Gasteiger charge is -2.34. The molecule has 1 amide bonds. The predicted molar refractivity (Wildman–Crippen MR) is 76.1 cm³/mol. The van der Waals surface area contributed by atoms with Gasteiger partial charge in [-0.05, 0) is 6.07 Å². The molecule has 1 aliphatic heterocycles. The van der Waals surface area contributed by atoms with E-state index in [2.05, 4.69) is 18.8 Å². The molecule has 1 aromatic heterocycles. The van der Waals surface area contributed by atoms with E-state index in [4.69, 9.17) is 17.3 Å². The van der Waals surface area contributed by atoms with Crippen molar-refractivity contribution in [2.24, 2.45) is 0 Å². The summed E-state index contributed by atoms with van der Waals surface area (Å²) < 4.78 is 0. The highest BCUT2D eigenvalue weighted by Gasteiger charge is 2.27. The summed E-state index contributed by atoms with van der Waals surface area (Å²) in [6, 6.07) is 1.54. The molecule has 1 saturated heterocycles. The smallest absolute Gasteiger partial charge is 0.255 e. The number of hydrogen-bond donors (Lipinski definition) is 1. The van der Waals surface area contributed by atoms with Crippen molar-refractivity contribution in [3.05, 3.63) is 22.8 Å². The lowest BCUT2D eigenvalue weighted by Crippen LogP contribution is -2.44. The second-order valence-corrected chi connectivity index (χ2v) is 6.85. The fraction of sp³-hybridized carbons (Fsp3) is 0.500. The van der Waals surface area contributed by atoms with Crippen molar-refractivity contribution >= 4 is 35.1 Å². The molecule has 0 aromatic carbocycles. The lowest BCUT2D eigenvalue weighted by atomic mass is 10.2. The van der Waals surface area contributed by atoms with E-state index in [1.807, 2.05) is 16.7 Å². The van der Waals surface area contributed by atoms with Crippen LogP contribution in [0.1, 0.15) is 24.2 Å². The molecular formula is C12H16ClN3OS. The second-order valence-electron chi connectivity index (χ2n) is 4.56. The molecule has 1 aromatic rings. The van der Waals surface area contributed by atoms with Crippen LogP contribution in [0.4, 0.5) is 5.82 Å². The molecule has 0 aliphatic carbocycles.